The van der Waals surface area contributed by atoms with Crippen molar-refractivity contribution in [3.8, 4) is 0 Å². The van der Waals surface area contributed by atoms with Crippen LogP contribution in [0.2, 0.25) is 0 Å². The fraction of sp³-hybridized carbons (Fsp3) is 0.467. The number of amides is 2. The quantitative estimate of drug-likeness (QED) is 0.600. The van der Waals surface area contributed by atoms with E-state index >= 15 is 0 Å². The molecule has 0 spiro atoms. The third-order valence-electron chi connectivity index (χ3n) is 3.48. The summed E-state index contributed by atoms with van der Waals surface area (Å²) in [5.41, 5.74) is 3.45. The van der Waals surface area contributed by atoms with Gasteiger partial charge in [0.25, 0.3) is 5.91 Å². The first kappa shape index (κ1) is 13.6. The first-order chi connectivity index (χ1) is 9.31. The van der Waals surface area contributed by atoms with Crippen LogP contribution in [0.3, 0.4) is 0 Å². The maximum absolute atomic E-state index is 12.0. The van der Waals surface area contributed by atoms with E-state index in [1.54, 1.807) is 0 Å². The molecule has 0 aromatic heterocycles. The molecule has 0 aliphatic heterocycles. The van der Waals surface area contributed by atoms with E-state index < -0.39 is 0 Å². The highest BCUT2D eigenvalue weighted by atomic mass is 16.1. The fourth-order valence-corrected chi connectivity index (χ4v) is 2.43. The van der Waals surface area contributed by atoms with Crippen LogP contribution in [0.4, 0.5) is 0 Å². The lowest BCUT2D eigenvalue weighted by molar-refractivity contribution is -0.109. The Morgan fingerprint density at radius 3 is 2.74 bits per heavy atom. The third kappa shape index (κ3) is 3.81. The number of fused-ring (bicyclic) bond motifs is 1. The van der Waals surface area contributed by atoms with Gasteiger partial charge in [-0.05, 0) is 55.4 Å². The lowest BCUT2D eigenvalue weighted by Crippen LogP contribution is -2.27. The SMILES string of the molecule is O=CNCCCNC(=O)c1ccc2c(c1)CCCC2. The van der Waals surface area contributed by atoms with Gasteiger partial charge in [-0.25, -0.2) is 0 Å². The first-order valence-corrected chi connectivity index (χ1v) is 6.88. The molecule has 0 saturated carbocycles. The Balaban J connectivity index is 1.87. The van der Waals surface area contributed by atoms with Crippen molar-refractivity contribution in [3.63, 3.8) is 0 Å². The second-order valence-electron chi connectivity index (χ2n) is 4.87. The molecule has 0 fully saturated rings. The molecule has 1 aliphatic rings. The minimum Gasteiger partial charge on any atom is -0.359 e. The predicted molar refractivity (Wildman–Crippen MR) is 74.1 cm³/mol. The van der Waals surface area contributed by atoms with E-state index in [-0.39, 0.29) is 5.91 Å². The summed E-state index contributed by atoms with van der Waals surface area (Å²) < 4.78 is 0. The molecule has 0 heterocycles. The van der Waals surface area contributed by atoms with Crippen LogP contribution in [0.1, 0.15) is 40.7 Å². The van der Waals surface area contributed by atoms with Crippen molar-refractivity contribution >= 4 is 12.3 Å². The van der Waals surface area contributed by atoms with Gasteiger partial charge in [-0.1, -0.05) is 6.07 Å². The summed E-state index contributed by atoms with van der Waals surface area (Å²) in [6.07, 6.45) is 6.10. The highest BCUT2D eigenvalue weighted by molar-refractivity contribution is 5.94. The molecule has 19 heavy (non-hydrogen) atoms. The van der Waals surface area contributed by atoms with Gasteiger partial charge in [-0.3, -0.25) is 9.59 Å². The number of rotatable bonds is 6. The van der Waals surface area contributed by atoms with Crippen molar-refractivity contribution in [3.05, 3.63) is 34.9 Å². The molecule has 0 bridgehead atoms. The van der Waals surface area contributed by atoms with Crippen LogP contribution in [-0.2, 0) is 17.6 Å². The Kier molecular flexibility index (Phi) is 4.95. The summed E-state index contributed by atoms with van der Waals surface area (Å²) in [6.45, 7) is 1.17. The average Bonchev–Trinajstić information content (AvgIpc) is 2.46. The summed E-state index contributed by atoms with van der Waals surface area (Å²) in [6, 6.07) is 6.01. The van der Waals surface area contributed by atoms with Crippen molar-refractivity contribution in [1.29, 1.82) is 0 Å². The van der Waals surface area contributed by atoms with Crippen molar-refractivity contribution in [2.45, 2.75) is 32.1 Å². The lowest BCUT2D eigenvalue weighted by atomic mass is 9.90. The van der Waals surface area contributed by atoms with E-state index in [2.05, 4.69) is 16.7 Å². The van der Waals surface area contributed by atoms with Crippen LogP contribution in [0.5, 0.6) is 0 Å². The first-order valence-electron chi connectivity index (χ1n) is 6.88. The summed E-state index contributed by atoms with van der Waals surface area (Å²) in [4.78, 5) is 22.0. The Morgan fingerprint density at radius 2 is 1.95 bits per heavy atom. The van der Waals surface area contributed by atoms with Crippen molar-refractivity contribution < 1.29 is 9.59 Å². The van der Waals surface area contributed by atoms with E-state index in [0.29, 0.717) is 19.5 Å². The normalized spacial score (nSPS) is 13.5. The standard InChI is InChI=1S/C15H20N2O2/c18-11-16-8-3-9-17-15(19)14-7-6-12-4-1-2-5-13(12)10-14/h6-7,10-11H,1-5,8-9H2,(H,16,18)(H,17,19). The van der Waals surface area contributed by atoms with Crippen LogP contribution in [0.15, 0.2) is 18.2 Å². The molecule has 2 amide bonds. The minimum atomic E-state index is -0.0283. The summed E-state index contributed by atoms with van der Waals surface area (Å²) in [5, 5.41) is 5.44. The van der Waals surface area contributed by atoms with Gasteiger partial charge in [0.05, 0.1) is 0 Å². The minimum absolute atomic E-state index is 0.0283. The van der Waals surface area contributed by atoms with Crippen LogP contribution >= 0.6 is 0 Å². The molecule has 0 saturated heterocycles. The molecule has 1 aromatic rings. The van der Waals surface area contributed by atoms with Crippen LogP contribution in [0, 0.1) is 0 Å². The smallest absolute Gasteiger partial charge is 0.251 e. The maximum atomic E-state index is 12.0. The topological polar surface area (TPSA) is 58.2 Å². The summed E-state index contributed by atoms with van der Waals surface area (Å²) in [5.74, 6) is -0.0283. The Morgan fingerprint density at radius 1 is 1.16 bits per heavy atom. The molecular weight excluding hydrogens is 240 g/mol. The summed E-state index contributed by atoms with van der Waals surface area (Å²) >= 11 is 0. The molecule has 2 rings (SSSR count). The number of benzene rings is 1. The third-order valence-corrected chi connectivity index (χ3v) is 3.48. The molecule has 0 atom stereocenters. The van der Waals surface area contributed by atoms with E-state index in [0.717, 1.165) is 24.8 Å². The Labute approximate surface area is 113 Å². The second-order valence-corrected chi connectivity index (χ2v) is 4.87. The summed E-state index contributed by atoms with van der Waals surface area (Å²) in [7, 11) is 0. The molecular formula is C15H20N2O2. The number of hydrogen-bond donors (Lipinski definition) is 2. The molecule has 0 radical (unpaired) electrons. The highest BCUT2D eigenvalue weighted by Gasteiger charge is 2.12. The zero-order chi connectivity index (χ0) is 13.5. The van der Waals surface area contributed by atoms with E-state index in [1.165, 1.54) is 24.0 Å². The Hall–Kier alpha value is -1.84. The molecule has 102 valence electrons. The molecule has 4 nitrogen and oxygen atoms in total. The average molecular weight is 260 g/mol. The number of aryl methyl sites for hydroxylation is 2. The molecule has 0 unspecified atom stereocenters. The van der Waals surface area contributed by atoms with E-state index in [9.17, 15) is 9.59 Å². The lowest BCUT2D eigenvalue weighted by Gasteiger charge is -2.16. The number of carbonyl (C=O) groups excluding carboxylic acids is 2. The monoisotopic (exact) mass is 260 g/mol. The van der Waals surface area contributed by atoms with Gasteiger partial charge >= 0.3 is 0 Å². The van der Waals surface area contributed by atoms with Crippen molar-refractivity contribution in [2.75, 3.05) is 13.1 Å². The van der Waals surface area contributed by atoms with Crippen LogP contribution in [0.25, 0.3) is 0 Å². The van der Waals surface area contributed by atoms with Crippen molar-refractivity contribution in [1.82, 2.24) is 10.6 Å². The number of nitrogens with one attached hydrogen (secondary N) is 2. The van der Waals surface area contributed by atoms with Gasteiger partial charge in [0.2, 0.25) is 6.41 Å². The van der Waals surface area contributed by atoms with Gasteiger partial charge in [0.1, 0.15) is 0 Å². The molecule has 1 aliphatic carbocycles. The Bertz CT molecular complexity index is 457. The van der Waals surface area contributed by atoms with Crippen LogP contribution in [-0.4, -0.2) is 25.4 Å². The van der Waals surface area contributed by atoms with Crippen molar-refractivity contribution in [2.24, 2.45) is 0 Å². The largest absolute Gasteiger partial charge is 0.359 e. The highest BCUT2D eigenvalue weighted by Crippen LogP contribution is 2.22. The van der Waals surface area contributed by atoms with E-state index in [4.69, 9.17) is 0 Å². The number of hydrogen-bond acceptors (Lipinski definition) is 2. The number of carbonyl (C=O) groups is 2. The van der Waals surface area contributed by atoms with Gasteiger partial charge in [0, 0.05) is 18.7 Å². The van der Waals surface area contributed by atoms with Gasteiger partial charge in [-0.2, -0.15) is 0 Å². The fourth-order valence-electron chi connectivity index (χ4n) is 2.43. The van der Waals surface area contributed by atoms with Gasteiger partial charge in [-0.15, -0.1) is 0 Å². The zero-order valence-corrected chi connectivity index (χ0v) is 11.1. The molecule has 1 aromatic carbocycles. The predicted octanol–water partition coefficient (Wildman–Crippen LogP) is 1.43. The molecule has 2 N–H and O–H groups in total. The van der Waals surface area contributed by atoms with E-state index in [1.807, 2.05) is 12.1 Å². The van der Waals surface area contributed by atoms with Gasteiger partial charge in [0.15, 0.2) is 0 Å². The zero-order valence-electron chi connectivity index (χ0n) is 11.1. The van der Waals surface area contributed by atoms with Crippen LogP contribution < -0.4 is 10.6 Å². The maximum Gasteiger partial charge on any atom is 0.251 e. The molecule has 4 heteroatoms. The second kappa shape index (κ2) is 6.92. The van der Waals surface area contributed by atoms with Gasteiger partial charge < -0.3 is 10.6 Å².